The van der Waals surface area contributed by atoms with Gasteiger partial charge in [-0.15, -0.1) is 0 Å². The monoisotopic (exact) mass is 145 g/mol. The van der Waals surface area contributed by atoms with Crippen molar-refractivity contribution in [2.75, 3.05) is 18.0 Å². The summed E-state index contributed by atoms with van der Waals surface area (Å²) in [5.41, 5.74) is 3.07. The summed E-state index contributed by atoms with van der Waals surface area (Å²) in [6.07, 6.45) is 1.37. The van der Waals surface area contributed by atoms with E-state index >= 15 is 0 Å². The van der Waals surface area contributed by atoms with E-state index in [4.69, 9.17) is 0 Å². The lowest BCUT2D eigenvalue weighted by Gasteiger charge is -2.17. The maximum atomic E-state index is 2.50. The minimum Gasteiger partial charge on any atom is -0.371 e. The van der Waals surface area contributed by atoms with E-state index in [1.54, 1.807) is 5.56 Å². The van der Waals surface area contributed by atoms with Crippen molar-refractivity contribution in [2.24, 2.45) is 0 Å². The lowest BCUT2D eigenvalue weighted by molar-refractivity contribution is 0.788. The van der Waals surface area contributed by atoms with Crippen molar-refractivity contribution < 1.29 is 0 Å². The van der Waals surface area contributed by atoms with Crippen LogP contribution in [0.5, 0.6) is 0 Å². The van der Waals surface area contributed by atoms with Crippen LogP contribution in [0.2, 0.25) is 0 Å². The number of rotatable bonds is 0. The van der Waals surface area contributed by atoms with E-state index in [1.807, 2.05) is 0 Å². The molecule has 0 amide bonds. The average molecular weight is 145 g/mol. The molecule has 2 bridgehead atoms. The van der Waals surface area contributed by atoms with Crippen LogP contribution in [0, 0.1) is 0 Å². The Morgan fingerprint density at radius 1 is 1.27 bits per heavy atom. The number of fused-ring (bicyclic) bond motifs is 5. The van der Waals surface area contributed by atoms with Gasteiger partial charge in [0.2, 0.25) is 0 Å². The van der Waals surface area contributed by atoms with Crippen molar-refractivity contribution >= 4 is 5.69 Å². The van der Waals surface area contributed by atoms with Gasteiger partial charge in [-0.05, 0) is 18.1 Å². The first-order chi connectivity index (χ1) is 5.45. The molecule has 0 aliphatic carbocycles. The lowest BCUT2D eigenvalue weighted by Crippen LogP contribution is -2.15. The fourth-order valence-electron chi connectivity index (χ4n) is 2.35. The van der Waals surface area contributed by atoms with Crippen molar-refractivity contribution in [2.45, 2.75) is 12.3 Å². The van der Waals surface area contributed by atoms with E-state index in [2.05, 4.69) is 29.2 Å². The molecule has 1 nitrogen and oxygen atoms in total. The minimum absolute atomic E-state index is 0.853. The Bertz CT molecular complexity index is 264. The minimum atomic E-state index is 0.853. The molecule has 11 heavy (non-hydrogen) atoms. The summed E-state index contributed by atoms with van der Waals surface area (Å²) in [6.45, 7) is 2.56. The zero-order valence-electron chi connectivity index (χ0n) is 6.46. The molecule has 0 N–H and O–H groups in total. The molecule has 2 aliphatic heterocycles. The summed E-state index contributed by atoms with van der Waals surface area (Å²) in [7, 11) is 0. The Kier molecular flexibility index (Phi) is 0.916. The van der Waals surface area contributed by atoms with Gasteiger partial charge in [-0.1, -0.05) is 18.2 Å². The summed E-state index contributed by atoms with van der Waals surface area (Å²) in [6, 6.07) is 8.81. The van der Waals surface area contributed by atoms with Crippen molar-refractivity contribution in [3.05, 3.63) is 29.8 Å². The maximum Gasteiger partial charge on any atom is 0.0402 e. The molecule has 1 aromatic carbocycles. The van der Waals surface area contributed by atoms with Crippen LogP contribution >= 0.6 is 0 Å². The van der Waals surface area contributed by atoms with Gasteiger partial charge in [-0.2, -0.15) is 0 Å². The van der Waals surface area contributed by atoms with Gasteiger partial charge in [0.15, 0.2) is 0 Å². The van der Waals surface area contributed by atoms with Crippen LogP contribution in [0.4, 0.5) is 5.69 Å². The van der Waals surface area contributed by atoms with Crippen molar-refractivity contribution in [3.8, 4) is 0 Å². The third kappa shape index (κ3) is 0.609. The van der Waals surface area contributed by atoms with Crippen LogP contribution in [0.1, 0.15) is 17.9 Å². The zero-order chi connectivity index (χ0) is 7.26. The van der Waals surface area contributed by atoms with Gasteiger partial charge in [0, 0.05) is 24.7 Å². The highest BCUT2D eigenvalue weighted by Crippen LogP contribution is 2.42. The van der Waals surface area contributed by atoms with Gasteiger partial charge in [0.1, 0.15) is 0 Å². The molecule has 2 heterocycles. The number of hydrogen-bond acceptors (Lipinski definition) is 1. The number of para-hydroxylation sites is 1. The number of hydrogen-bond donors (Lipinski definition) is 0. The summed E-state index contributed by atoms with van der Waals surface area (Å²) in [5.74, 6) is 0.853. The predicted octanol–water partition coefficient (Wildman–Crippen LogP) is 1.99. The Morgan fingerprint density at radius 3 is 3.09 bits per heavy atom. The smallest absolute Gasteiger partial charge is 0.0402 e. The maximum absolute atomic E-state index is 2.50. The van der Waals surface area contributed by atoms with Crippen LogP contribution in [0.25, 0.3) is 0 Å². The van der Waals surface area contributed by atoms with Crippen molar-refractivity contribution in [1.82, 2.24) is 0 Å². The van der Waals surface area contributed by atoms with Crippen molar-refractivity contribution in [1.29, 1.82) is 0 Å². The van der Waals surface area contributed by atoms with Gasteiger partial charge in [0.25, 0.3) is 0 Å². The van der Waals surface area contributed by atoms with Crippen LogP contribution < -0.4 is 4.90 Å². The highest BCUT2D eigenvalue weighted by atomic mass is 15.2. The molecule has 1 saturated heterocycles. The summed E-state index contributed by atoms with van der Waals surface area (Å²) in [4.78, 5) is 2.50. The largest absolute Gasteiger partial charge is 0.371 e. The summed E-state index contributed by atoms with van der Waals surface area (Å²) in [5, 5.41) is 0. The predicted molar refractivity (Wildman–Crippen MR) is 46.0 cm³/mol. The molecule has 0 aromatic heterocycles. The van der Waals surface area contributed by atoms with E-state index in [0.717, 1.165) is 5.92 Å². The van der Waals surface area contributed by atoms with E-state index in [9.17, 15) is 0 Å². The van der Waals surface area contributed by atoms with E-state index < -0.39 is 0 Å². The molecule has 0 radical (unpaired) electrons. The molecule has 1 heteroatoms. The Labute approximate surface area is 66.6 Å². The topological polar surface area (TPSA) is 3.24 Å². The van der Waals surface area contributed by atoms with Gasteiger partial charge in [0.05, 0.1) is 0 Å². The third-order valence-electron chi connectivity index (χ3n) is 2.91. The fraction of sp³-hybridized carbons (Fsp3) is 0.400. The number of nitrogens with zero attached hydrogens (tertiary/aromatic N) is 1. The Hall–Kier alpha value is -0.980. The molecule has 0 unspecified atom stereocenters. The Balaban J connectivity index is 2.23. The Morgan fingerprint density at radius 2 is 2.18 bits per heavy atom. The molecule has 0 saturated carbocycles. The molecular weight excluding hydrogens is 134 g/mol. The average Bonchev–Trinajstić information content (AvgIpc) is 2.64. The van der Waals surface area contributed by atoms with Crippen LogP contribution in [0.3, 0.4) is 0 Å². The summed E-state index contributed by atoms with van der Waals surface area (Å²) < 4.78 is 0. The zero-order valence-corrected chi connectivity index (χ0v) is 6.46. The second-order valence-corrected chi connectivity index (χ2v) is 3.49. The lowest BCUT2D eigenvalue weighted by atomic mass is 9.98. The van der Waals surface area contributed by atoms with Gasteiger partial charge in [-0.3, -0.25) is 0 Å². The quantitative estimate of drug-likeness (QED) is 0.539. The molecule has 0 spiro atoms. The second kappa shape index (κ2) is 1.79. The molecule has 3 rings (SSSR count). The molecule has 1 aromatic rings. The van der Waals surface area contributed by atoms with Gasteiger partial charge in [-0.25, -0.2) is 0 Å². The first-order valence-electron chi connectivity index (χ1n) is 4.29. The molecule has 56 valence electrons. The first kappa shape index (κ1) is 5.64. The number of anilines is 1. The van der Waals surface area contributed by atoms with E-state index in [0.29, 0.717) is 0 Å². The molecule has 2 aliphatic rings. The van der Waals surface area contributed by atoms with Crippen LogP contribution in [-0.4, -0.2) is 13.1 Å². The third-order valence-corrected chi connectivity index (χ3v) is 2.91. The highest BCUT2D eigenvalue weighted by Gasteiger charge is 2.33. The fourth-order valence-corrected chi connectivity index (χ4v) is 2.35. The van der Waals surface area contributed by atoms with E-state index in [-0.39, 0.29) is 0 Å². The molecule has 1 atom stereocenters. The van der Waals surface area contributed by atoms with Crippen molar-refractivity contribution in [3.63, 3.8) is 0 Å². The van der Waals surface area contributed by atoms with Crippen LogP contribution in [-0.2, 0) is 0 Å². The van der Waals surface area contributed by atoms with E-state index in [1.165, 1.54) is 25.2 Å². The normalized spacial score (nSPS) is 25.8. The first-order valence-corrected chi connectivity index (χ1v) is 4.29. The number of benzene rings is 1. The highest BCUT2D eigenvalue weighted by molar-refractivity contribution is 5.62. The van der Waals surface area contributed by atoms with Gasteiger partial charge >= 0.3 is 0 Å². The van der Waals surface area contributed by atoms with Gasteiger partial charge < -0.3 is 4.90 Å². The SMILES string of the molecule is c1ccc2c(c1)[C@H]1CCN2C1. The molecule has 1 fully saturated rings. The van der Waals surface area contributed by atoms with Crippen LogP contribution in [0.15, 0.2) is 24.3 Å². The molecular formula is C10H11N. The standard InChI is InChI=1S/C10H11N/c1-2-4-10-9(3-1)8-5-6-11(10)7-8/h1-4,8H,5-7H2/t8-/m0/s1. The summed E-state index contributed by atoms with van der Waals surface area (Å²) >= 11 is 0. The second-order valence-electron chi connectivity index (χ2n) is 3.49.